The van der Waals surface area contributed by atoms with Crippen LogP contribution in [-0.2, 0) is 11.5 Å². The molecular weight excluding hydrogens is 470 g/mol. The molecule has 0 aromatic carbocycles. The van der Waals surface area contributed by atoms with Crippen molar-refractivity contribution in [1.29, 1.82) is 5.26 Å². The van der Waals surface area contributed by atoms with Crippen molar-refractivity contribution in [3.05, 3.63) is 52.0 Å². The van der Waals surface area contributed by atoms with Gasteiger partial charge in [0.05, 0.1) is 0 Å². The molecular formula is C24H32ClN5O3Si. The number of amides is 1. The SMILES string of the molecule is CC1(C)CC=C(c2c(NC(=O)c3nc(C#N)cn3COCC[Si](C)(C)C)ccc(Cl)[n+]2[O-])CC1. The predicted molar refractivity (Wildman–Crippen MR) is 135 cm³/mol. The minimum absolute atomic E-state index is 0.0304. The molecule has 1 N–H and O–H groups in total. The largest absolute Gasteiger partial charge is 0.617 e. The molecule has 10 heteroatoms. The number of hydrogen-bond donors (Lipinski definition) is 1. The number of aromatic nitrogens is 3. The molecule has 0 radical (unpaired) electrons. The van der Waals surface area contributed by atoms with E-state index in [0.29, 0.717) is 29.1 Å². The molecule has 0 saturated heterocycles. The van der Waals surface area contributed by atoms with Gasteiger partial charge in [0.15, 0.2) is 5.69 Å². The number of ether oxygens (including phenoxy) is 1. The first-order valence-electron chi connectivity index (χ1n) is 11.4. The molecule has 2 aromatic heterocycles. The van der Waals surface area contributed by atoms with Crippen LogP contribution >= 0.6 is 11.6 Å². The van der Waals surface area contributed by atoms with Gasteiger partial charge in [0.2, 0.25) is 11.5 Å². The highest BCUT2D eigenvalue weighted by Crippen LogP contribution is 2.39. The Bertz CT molecular complexity index is 1140. The van der Waals surface area contributed by atoms with Gasteiger partial charge in [0.1, 0.15) is 18.5 Å². The van der Waals surface area contributed by atoms with Crippen molar-refractivity contribution in [3.63, 3.8) is 0 Å². The third kappa shape index (κ3) is 6.47. The molecule has 0 atom stereocenters. The second-order valence-electron chi connectivity index (χ2n) is 10.6. The number of allylic oxidation sites excluding steroid dienone is 2. The van der Waals surface area contributed by atoms with E-state index in [0.717, 1.165) is 24.5 Å². The number of rotatable bonds is 8. The molecule has 0 bridgehead atoms. The molecule has 0 fully saturated rings. The van der Waals surface area contributed by atoms with E-state index < -0.39 is 14.0 Å². The Balaban J connectivity index is 1.85. The number of carbonyl (C=O) groups is 1. The third-order valence-corrected chi connectivity index (χ3v) is 7.87. The molecule has 1 aliphatic rings. The summed E-state index contributed by atoms with van der Waals surface area (Å²) in [5, 5.41) is 25.0. The molecule has 34 heavy (non-hydrogen) atoms. The van der Waals surface area contributed by atoms with Crippen molar-refractivity contribution < 1.29 is 14.3 Å². The number of imidazole rings is 1. The van der Waals surface area contributed by atoms with Gasteiger partial charge in [-0.3, -0.25) is 4.79 Å². The number of pyridine rings is 1. The molecule has 182 valence electrons. The van der Waals surface area contributed by atoms with Gasteiger partial charge in [0, 0.05) is 32.5 Å². The summed E-state index contributed by atoms with van der Waals surface area (Å²) in [6.07, 6.45) is 5.99. The summed E-state index contributed by atoms with van der Waals surface area (Å²) >= 11 is 6.11. The van der Waals surface area contributed by atoms with E-state index in [2.05, 4.69) is 43.8 Å². The van der Waals surface area contributed by atoms with Crippen molar-refractivity contribution in [3.8, 4) is 6.07 Å². The highest BCUT2D eigenvalue weighted by atomic mass is 35.5. The van der Waals surface area contributed by atoms with Crippen molar-refractivity contribution in [1.82, 2.24) is 9.55 Å². The first kappa shape index (κ1) is 25.9. The molecule has 1 amide bonds. The van der Waals surface area contributed by atoms with Crippen LogP contribution in [-0.4, -0.2) is 30.1 Å². The summed E-state index contributed by atoms with van der Waals surface area (Å²) in [4.78, 5) is 17.3. The van der Waals surface area contributed by atoms with Crippen molar-refractivity contribution in [2.24, 2.45) is 5.41 Å². The molecule has 2 heterocycles. The molecule has 0 unspecified atom stereocenters. The second-order valence-corrected chi connectivity index (χ2v) is 16.7. The summed E-state index contributed by atoms with van der Waals surface area (Å²) < 4.78 is 7.92. The fourth-order valence-corrected chi connectivity index (χ4v) is 4.58. The van der Waals surface area contributed by atoms with Gasteiger partial charge in [-0.1, -0.05) is 39.6 Å². The van der Waals surface area contributed by atoms with Crippen molar-refractivity contribution >= 4 is 36.8 Å². The van der Waals surface area contributed by atoms with Crippen LogP contribution in [0.2, 0.25) is 30.8 Å². The van der Waals surface area contributed by atoms with Gasteiger partial charge < -0.3 is 19.8 Å². The summed E-state index contributed by atoms with van der Waals surface area (Å²) in [6.45, 7) is 11.8. The quantitative estimate of drug-likeness (QED) is 0.176. The molecule has 1 aliphatic carbocycles. The zero-order valence-corrected chi connectivity index (χ0v) is 22.2. The molecule has 3 rings (SSSR count). The van der Waals surface area contributed by atoms with Crippen LogP contribution in [0.5, 0.6) is 0 Å². The zero-order chi connectivity index (χ0) is 25.1. The lowest BCUT2D eigenvalue weighted by molar-refractivity contribution is -0.605. The Morgan fingerprint density at radius 3 is 2.76 bits per heavy atom. The molecule has 8 nitrogen and oxygen atoms in total. The lowest BCUT2D eigenvalue weighted by atomic mass is 9.77. The van der Waals surface area contributed by atoms with E-state index in [1.165, 1.54) is 16.8 Å². The van der Waals surface area contributed by atoms with Crippen LogP contribution in [0.15, 0.2) is 24.4 Å². The van der Waals surface area contributed by atoms with Gasteiger partial charge in [-0.25, -0.2) is 4.98 Å². The second kappa shape index (κ2) is 10.3. The third-order valence-electron chi connectivity index (χ3n) is 5.89. The van der Waals surface area contributed by atoms with Crippen molar-refractivity contribution in [2.75, 3.05) is 11.9 Å². The first-order valence-corrected chi connectivity index (χ1v) is 15.5. The maximum absolute atomic E-state index is 13.2. The zero-order valence-electron chi connectivity index (χ0n) is 20.4. The lowest BCUT2D eigenvalue weighted by Crippen LogP contribution is -2.35. The lowest BCUT2D eigenvalue weighted by Gasteiger charge is -2.28. The minimum atomic E-state index is -1.26. The highest BCUT2D eigenvalue weighted by molar-refractivity contribution is 6.76. The molecule has 0 aliphatic heterocycles. The van der Waals surface area contributed by atoms with Crippen LogP contribution in [0.3, 0.4) is 0 Å². The van der Waals surface area contributed by atoms with E-state index in [-0.39, 0.29) is 28.8 Å². The number of anilines is 1. The average molecular weight is 502 g/mol. The molecule has 2 aromatic rings. The Labute approximate surface area is 206 Å². The summed E-state index contributed by atoms with van der Waals surface area (Å²) in [7, 11) is -1.26. The topological polar surface area (TPSA) is 107 Å². The van der Waals surface area contributed by atoms with E-state index in [1.807, 2.05) is 12.1 Å². The fourth-order valence-electron chi connectivity index (χ4n) is 3.68. The average Bonchev–Trinajstić information content (AvgIpc) is 3.17. The van der Waals surface area contributed by atoms with Gasteiger partial charge in [-0.2, -0.15) is 9.99 Å². The predicted octanol–water partition coefficient (Wildman–Crippen LogP) is 5.20. The smallest absolute Gasteiger partial charge is 0.291 e. The van der Waals surface area contributed by atoms with Crippen LogP contribution in [0.1, 0.15) is 55.1 Å². The van der Waals surface area contributed by atoms with Gasteiger partial charge in [0.25, 0.3) is 11.1 Å². The molecule has 0 spiro atoms. The van der Waals surface area contributed by atoms with Crippen LogP contribution in [0.25, 0.3) is 5.57 Å². The van der Waals surface area contributed by atoms with E-state index in [1.54, 1.807) is 6.07 Å². The van der Waals surface area contributed by atoms with E-state index >= 15 is 0 Å². The maximum atomic E-state index is 13.2. The standard InChI is InChI=1S/C24H32ClN5O3Si/c1-24(2)10-8-17(9-11-24)21-19(6-7-20(25)30(21)32)28-23(31)22-27-18(14-26)15-29(22)16-33-12-13-34(3,4)5/h6-8,15H,9-13,16H2,1-5H3,(H,28,31). The monoisotopic (exact) mass is 501 g/mol. The van der Waals surface area contributed by atoms with E-state index in [4.69, 9.17) is 16.3 Å². The Kier molecular flexibility index (Phi) is 7.86. The number of nitrogens with one attached hydrogen (secondary N) is 1. The number of nitriles is 1. The number of halogens is 1. The molecule has 0 saturated carbocycles. The van der Waals surface area contributed by atoms with Gasteiger partial charge >= 0.3 is 0 Å². The summed E-state index contributed by atoms with van der Waals surface area (Å²) in [5.41, 5.74) is 1.81. The Morgan fingerprint density at radius 2 is 2.15 bits per heavy atom. The van der Waals surface area contributed by atoms with Crippen molar-refractivity contribution in [2.45, 2.75) is 65.5 Å². The fraction of sp³-hybridized carbons (Fsp3) is 0.500. The first-order chi connectivity index (χ1) is 15.9. The van der Waals surface area contributed by atoms with Gasteiger partial charge in [-0.15, -0.1) is 0 Å². The number of nitrogens with zero attached hydrogens (tertiary/aromatic N) is 4. The van der Waals surface area contributed by atoms with Crippen LogP contribution in [0, 0.1) is 22.0 Å². The highest BCUT2D eigenvalue weighted by Gasteiger charge is 2.29. The normalized spacial score (nSPS) is 15.5. The Hall–Kier alpha value is -2.67. The minimum Gasteiger partial charge on any atom is -0.617 e. The number of carbonyl (C=O) groups excluding carboxylic acids is 1. The summed E-state index contributed by atoms with van der Waals surface area (Å²) in [6, 6.07) is 6.02. The summed E-state index contributed by atoms with van der Waals surface area (Å²) in [5.74, 6) is -0.489. The van der Waals surface area contributed by atoms with Crippen LogP contribution < -0.4 is 10.0 Å². The maximum Gasteiger partial charge on any atom is 0.291 e. The van der Waals surface area contributed by atoms with Gasteiger partial charge in [-0.05, 0) is 48.4 Å². The van der Waals surface area contributed by atoms with E-state index in [9.17, 15) is 15.3 Å². The Morgan fingerprint density at radius 1 is 1.41 bits per heavy atom. The number of hydrogen-bond acceptors (Lipinski definition) is 5. The van der Waals surface area contributed by atoms with Crippen LogP contribution in [0.4, 0.5) is 5.69 Å².